The lowest BCUT2D eigenvalue weighted by molar-refractivity contribution is 0.588. The summed E-state index contributed by atoms with van der Waals surface area (Å²) >= 11 is 0. The zero-order valence-corrected chi connectivity index (χ0v) is 11.3. The second-order valence-electron chi connectivity index (χ2n) is 4.92. The van der Waals surface area contributed by atoms with E-state index in [1.165, 1.54) is 0 Å². The Bertz CT molecular complexity index is 597. The Morgan fingerprint density at radius 2 is 1.47 bits per heavy atom. The zero-order chi connectivity index (χ0) is 14.2. The highest BCUT2D eigenvalue weighted by Gasteiger charge is 2.16. The molecule has 2 N–H and O–H groups in total. The van der Waals surface area contributed by atoms with Gasteiger partial charge in [0, 0.05) is 5.56 Å². The highest BCUT2D eigenvalue weighted by atomic mass is 19.1. The van der Waals surface area contributed by atoms with Crippen molar-refractivity contribution in [1.29, 1.82) is 0 Å². The SMILES string of the molecule is Cc1cc(C(N)c2cccc(C)c2F)cc(C)c1F. The third-order valence-corrected chi connectivity index (χ3v) is 3.37. The van der Waals surface area contributed by atoms with Crippen LogP contribution in [0.1, 0.15) is 33.9 Å². The number of rotatable bonds is 2. The molecular formula is C16H17F2N. The molecule has 0 spiro atoms. The molecule has 1 unspecified atom stereocenters. The van der Waals surface area contributed by atoms with Crippen LogP contribution in [-0.4, -0.2) is 0 Å². The molecule has 0 aliphatic heterocycles. The summed E-state index contributed by atoms with van der Waals surface area (Å²) in [5, 5.41) is 0. The van der Waals surface area contributed by atoms with E-state index in [1.807, 2.05) is 0 Å². The first kappa shape index (κ1) is 13.7. The van der Waals surface area contributed by atoms with E-state index < -0.39 is 6.04 Å². The molecule has 1 atom stereocenters. The van der Waals surface area contributed by atoms with Crippen LogP contribution in [0.3, 0.4) is 0 Å². The lowest BCUT2D eigenvalue weighted by Gasteiger charge is -2.16. The summed E-state index contributed by atoms with van der Waals surface area (Å²) in [7, 11) is 0. The van der Waals surface area contributed by atoms with Gasteiger partial charge in [0.1, 0.15) is 11.6 Å². The lowest BCUT2D eigenvalue weighted by atomic mass is 9.94. The molecule has 0 amide bonds. The monoisotopic (exact) mass is 261 g/mol. The van der Waals surface area contributed by atoms with Gasteiger partial charge in [0.15, 0.2) is 0 Å². The molecule has 2 aromatic carbocycles. The average molecular weight is 261 g/mol. The number of aryl methyl sites for hydroxylation is 3. The smallest absolute Gasteiger partial charge is 0.131 e. The Morgan fingerprint density at radius 1 is 0.895 bits per heavy atom. The molecule has 0 bridgehead atoms. The van der Waals surface area contributed by atoms with Gasteiger partial charge >= 0.3 is 0 Å². The number of hydrogen-bond donors (Lipinski definition) is 1. The Hall–Kier alpha value is -1.74. The second-order valence-corrected chi connectivity index (χ2v) is 4.92. The largest absolute Gasteiger partial charge is 0.320 e. The van der Waals surface area contributed by atoms with Crippen LogP contribution >= 0.6 is 0 Å². The quantitative estimate of drug-likeness (QED) is 0.870. The highest BCUT2D eigenvalue weighted by molar-refractivity contribution is 5.39. The number of nitrogens with two attached hydrogens (primary N) is 1. The van der Waals surface area contributed by atoms with E-state index in [2.05, 4.69) is 0 Å². The van der Waals surface area contributed by atoms with Gasteiger partial charge in [0.05, 0.1) is 6.04 Å². The third-order valence-electron chi connectivity index (χ3n) is 3.37. The van der Waals surface area contributed by atoms with Crippen molar-refractivity contribution in [2.24, 2.45) is 5.73 Å². The van der Waals surface area contributed by atoms with Crippen molar-refractivity contribution in [2.75, 3.05) is 0 Å². The predicted molar refractivity (Wildman–Crippen MR) is 73.0 cm³/mol. The lowest BCUT2D eigenvalue weighted by Crippen LogP contribution is -2.15. The van der Waals surface area contributed by atoms with E-state index >= 15 is 0 Å². The maximum atomic E-state index is 14.1. The topological polar surface area (TPSA) is 26.0 Å². The van der Waals surface area contributed by atoms with E-state index in [9.17, 15) is 8.78 Å². The molecule has 0 aromatic heterocycles. The van der Waals surface area contributed by atoms with Gasteiger partial charge in [-0.2, -0.15) is 0 Å². The summed E-state index contributed by atoms with van der Waals surface area (Å²) in [6.45, 7) is 5.07. The minimum Gasteiger partial charge on any atom is -0.320 e. The van der Waals surface area contributed by atoms with Crippen LogP contribution in [0.25, 0.3) is 0 Å². The normalized spacial score (nSPS) is 12.5. The summed E-state index contributed by atoms with van der Waals surface area (Å²) in [6, 6.07) is 7.91. The van der Waals surface area contributed by atoms with Gasteiger partial charge in [-0.25, -0.2) is 8.78 Å². The fraction of sp³-hybridized carbons (Fsp3) is 0.250. The van der Waals surface area contributed by atoms with Gasteiger partial charge in [0.25, 0.3) is 0 Å². The number of halogens is 2. The van der Waals surface area contributed by atoms with Crippen molar-refractivity contribution in [3.8, 4) is 0 Å². The minimum absolute atomic E-state index is 0.235. The molecule has 2 aromatic rings. The van der Waals surface area contributed by atoms with Crippen LogP contribution in [0.5, 0.6) is 0 Å². The van der Waals surface area contributed by atoms with Gasteiger partial charge in [-0.1, -0.05) is 30.3 Å². The molecule has 1 nitrogen and oxygen atoms in total. The van der Waals surface area contributed by atoms with Crippen LogP contribution in [0.4, 0.5) is 8.78 Å². The van der Waals surface area contributed by atoms with Crippen LogP contribution < -0.4 is 5.73 Å². The standard InChI is InChI=1S/C16H17F2N/c1-9-5-4-6-13(15(9)18)16(19)12-7-10(2)14(17)11(3)8-12/h4-8,16H,19H2,1-3H3. The van der Waals surface area contributed by atoms with Crippen molar-refractivity contribution < 1.29 is 8.78 Å². The molecule has 100 valence electrons. The maximum Gasteiger partial charge on any atom is 0.131 e. The maximum absolute atomic E-state index is 14.1. The molecular weight excluding hydrogens is 244 g/mol. The molecule has 0 radical (unpaired) electrons. The van der Waals surface area contributed by atoms with Gasteiger partial charge in [0.2, 0.25) is 0 Å². The van der Waals surface area contributed by atoms with E-state index in [0.29, 0.717) is 22.3 Å². The van der Waals surface area contributed by atoms with E-state index in [1.54, 1.807) is 51.1 Å². The van der Waals surface area contributed by atoms with E-state index in [4.69, 9.17) is 5.73 Å². The van der Waals surface area contributed by atoms with Crippen molar-refractivity contribution in [3.05, 3.63) is 69.8 Å². The van der Waals surface area contributed by atoms with Crippen LogP contribution in [-0.2, 0) is 0 Å². The third kappa shape index (κ3) is 2.51. The van der Waals surface area contributed by atoms with Crippen LogP contribution in [0.2, 0.25) is 0 Å². The van der Waals surface area contributed by atoms with Gasteiger partial charge in [-0.15, -0.1) is 0 Å². The van der Waals surface area contributed by atoms with Crippen molar-refractivity contribution in [3.63, 3.8) is 0 Å². The first-order chi connectivity index (χ1) is 8.91. The van der Waals surface area contributed by atoms with Crippen LogP contribution in [0, 0.1) is 32.4 Å². The van der Waals surface area contributed by atoms with Crippen molar-refractivity contribution in [2.45, 2.75) is 26.8 Å². The summed E-state index contributed by atoms with van der Waals surface area (Å²) in [5.74, 6) is -0.532. The summed E-state index contributed by atoms with van der Waals surface area (Å²) < 4.78 is 27.7. The summed E-state index contributed by atoms with van der Waals surface area (Å²) in [6.07, 6.45) is 0. The summed E-state index contributed by atoms with van der Waals surface area (Å²) in [4.78, 5) is 0. The van der Waals surface area contributed by atoms with Gasteiger partial charge < -0.3 is 5.73 Å². The first-order valence-electron chi connectivity index (χ1n) is 6.19. The molecule has 0 aliphatic rings. The van der Waals surface area contributed by atoms with E-state index in [0.717, 1.165) is 5.56 Å². The predicted octanol–water partition coefficient (Wildman–Crippen LogP) is 3.94. The van der Waals surface area contributed by atoms with Crippen LogP contribution in [0.15, 0.2) is 30.3 Å². The Balaban J connectivity index is 2.50. The number of hydrogen-bond acceptors (Lipinski definition) is 1. The Morgan fingerprint density at radius 3 is 2.05 bits per heavy atom. The minimum atomic E-state index is -0.585. The highest BCUT2D eigenvalue weighted by Crippen LogP contribution is 2.26. The molecule has 3 heteroatoms. The average Bonchev–Trinajstić information content (AvgIpc) is 2.38. The van der Waals surface area contributed by atoms with Crippen molar-refractivity contribution in [1.82, 2.24) is 0 Å². The molecule has 0 saturated carbocycles. The van der Waals surface area contributed by atoms with Gasteiger partial charge in [-0.3, -0.25) is 0 Å². The fourth-order valence-corrected chi connectivity index (χ4v) is 2.25. The number of benzene rings is 2. The molecule has 0 fully saturated rings. The molecule has 0 heterocycles. The first-order valence-corrected chi connectivity index (χ1v) is 6.19. The van der Waals surface area contributed by atoms with Crippen molar-refractivity contribution >= 4 is 0 Å². The second kappa shape index (κ2) is 5.10. The molecule has 19 heavy (non-hydrogen) atoms. The fourth-order valence-electron chi connectivity index (χ4n) is 2.25. The van der Waals surface area contributed by atoms with Gasteiger partial charge in [-0.05, 0) is 43.0 Å². The summed E-state index contributed by atoms with van der Waals surface area (Å²) in [5.41, 5.74) is 8.88. The zero-order valence-electron chi connectivity index (χ0n) is 11.3. The Kier molecular flexibility index (Phi) is 3.67. The molecule has 0 aliphatic carbocycles. The molecule has 2 rings (SSSR count). The molecule has 0 saturated heterocycles. The van der Waals surface area contributed by atoms with E-state index in [-0.39, 0.29) is 11.6 Å². The Labute approximate surface area is 112 Å².